The molecule has 0 saturated carbocycles. The van der Waals surface area contributed by atoms with Gasteiger partial charge in [0.25, 0.3) is 11.1 Å². The molecule has 3 heterocycles. The molecule has 4 aromatic rings. The Balaban J connectivity index is 1.27. The lowest BCUT2D eigenvalue weighted by Crippen LogP contribution is -2.42. The van der Waals surface area contributed by atoms with E-state index in [2.05, 4.69) is 10.1 Å². The molecule has 2 aromatic carbocycles. The molecule has 0 spiro atoms. The number of nitrogens with zero attached hydrogens (tertiary/aromatic N) is 3. The van der Waals surface area contributed by atoms with Gasteiger partial charge in [-0.2, -0.15) is 0 Å². The first-order chi connectivity index (χ1) is 16.0. The number of benzene rings is 2. The summed E-state index contributed by atoms with van der Waals surface area (Å²) in [7, 11) is 1.65. The van der Waals surface area contributed by atoms with Crippen LogP contribution >= 0.6 is 22.9 Å². The lowest BCUT2D eigenvalue weighted by atomic mass is 10.0. The summed E-state index contributed by atoms with van der Waals surface area (Å²) in [5, 5.41) is 5.29. The molecule has 5 rings (SSSR count). The minimum absolute atomic E-state index is 0.00289. The Bertz CT molecular complexity index is 1310. The molecule has 1 saturated heterocycles. The third kappa shape index (κ3) is 4.28. The van der Waals surface area contributed by atoms with Gasteiger partial charge in [0.1, 0.15) is 28.9 Å². The molecule has 9 heteroatoms. The smallest absolute Gasteiger partial charge is 0.274 e. The Morgan fingerprint density at radius 2 is 2.00 bits per heavy atom. The van der Waals surface area contributed by atoms with E-state index in [0.717, 1.165) is 28.8 Å². The number of hydrogen-bond acceptors (Lipinski definition) is 7. The minimum Gasteiger partial charge on any atom is -0.497 e. The molecule has 0 bridgehead atoms. The molecule has 2 aromatic heterocycles. The number of carbonyl (C=O) groups is 1. The summed E-state index contributed by atoms with van der Waals surface area (Å²) in [6.07, 6.45) is 1.44. The Hall–Kier alpha value is -3.10. The highest BCUT2D eigenvalue weighted by Gasteiger charge is 2.30. The maximum absolute atomic E-state index is 13.3. The Kier molecular flexibility index (Phi) is 5.95. The molecule has 0 radical (unpaired) electrons. The molecule has 0 atom stereocenters. The van der Waals surface area contributed by atoms with Crippen LogP contribution in [0.3, 0.4) is 0 Å². The maximum atomic E-state index is 13.3. The normalized spacial score (nSPS) is 14.6. The fraction of sp³-hybridized carbons (Fsp3) is 0.292. The molecule has 7 nitrogen and oxygen atoms in total. The van der Waals surface area contributed by atoms with Gasteiger partial charge in [0.2, 0.25) is 0 Å². The monoisotopic (exact) mass is 483 g/mol. The van der Waals surface area contributed by atoms with Gasteiger partial charge in [-0.15, -0.1) is 0 Å². The number of carbonyl (C=O) groups excluding carboxylic acids is 1. The molecular formula is C24H22ClN3O4S. The standard InChI is InChI=1S/C24H22ClN3O4S/c1-14-21(22(27-32-14)17-5-3-4-6-18(17)25)23(29)28-11-9-15(10-12-28)31-24-26-19-8-7-16(30-2)13-20(19)33-24/h3-8,13,15H,9-12H2,1-2H3. The van der Waals surface area contributed by atoms with Gasteiger partial charge in [0.05, 0.1) is 22.3 Å². The second-order valence-corrected chi connectivity index (χ2v) is 9.27. The summed E-state index contributed by atoms with van der Waals surface area (Å²) in [5.74, 6) is 1.18. The predicted molar refractivity (Wildman–Crippen MR) is 127 cm³/mol. The van der Waals surface area contributed by atoms with Crippen LogP contribution in [0.1, 0.15) is 29.0 Å². The predicted octanol–water partition coefficient (Wildman–Crippen LogP) is 5.61. The number of methoxy groups -OCH3 is 1. The third-order valence-electron chi connectivity index (χ3n) is 5.78. The quantitative estimate of drug-likeness (QED) is 0.367. The van der Waals surface area contributed by atoms with E-state index in [4.69, 9.17) is 25.6 Å². The molecule has 1 aliphatic heterocycles. The van der Waals surface area contributed by atoms with Gasteiger partial charge in [-0.05, 0) is 31.2 Å². The van der Waals surface area contributed by atoms with Crippen LogP contribution in [0.5, 0.6) is 10.9 Å². The number of fused-ring (bicyclic) bond motifs is 1. The topological polar surface area (TPSA) is 77.7 Å². The first kappa shape index (κ1) is 21.7. The SMILES string of the molecule is COc1ccc2nc(OC3CCN(C(=O)c4c(-c5ccccc5Cl)noc4C)CC3)sc2c1. The van der Waals surface area contributed by atoms with Crippen LogP contribution in [-0.4, -0.2) is 47.3 Å². The summed E-state index contributed by atoms with van der Waals surface area (Å²) < 4.78 is 17.8. The van der Waals surface area contributed by atoms with Gasteiger partial charge in [-0.25, -0.2) is 4.98 Å². The molecule has 33 heavy (non-hydrogen) atoms. The summed E-state index contributed by atoms with van der Waals surface area (Å²) in [4.78, 5) is 19.7. The Morgan fingerprint density at radius 1 is 1.21 bits per heavy atom. The van der Waals surface area contributed by atoms with Crippen molar-refractivity contribution in [2.75, 3.05) is 20.2 Å². The zero-order valence-corrected chi connectivity index (χ0v) is 19.8. The van der Waals surface area contributed by atoms with E-state index >= 15 is 0 Å². The van der Waals surface area contributed by atoms with Gasteiger partial charge >= 0.3 is 0 Å². The van der Waals surface area contributed by atoms with Crippen molar-refractivity contribution in [1.82, 2.24) is 15.0 Å². The maximum Gasteiger partial charge on any atom is 0.274 e. The molecule has 0 N–H and O–H groups in total. The number of piperidine rings is 1. The number of aromatic nitrogens is 2. The second-order valence-electron chi connectivity index (χ2n) is 7.87. The fourth-order valence-electron chi connectivity index (χ4n) is 4.00. The van der Waals surface area contributed by atoms with Crippen LogP contribution < -0.4 is 9.47 Å². The van der Waals surface area contributed by atoms with Crippen molar-refractivity contribution in [2.24, 2.45) is 0 Å². The molecule has 170 valence electrons. The number of aryl methyl sites for hydroxylation is 1. The number of ether oxygens (including phenoxy) is 2. The first-order valence-electron chi connectivity index (χ1n) is 10.6. The van der Waals surface area contributed by atoms with Gasteiger partial charge in [0, 0.05) is 31.5 Å². The van der Waals surface area contributed by atoms with E-state index < -0.39 is 0 Å². The number of halogens is 1. The molecule has 1 fully saturated rings. The zero-order valence-electron chi connectivity index (χ0n) is 18.2. The average molecular weight is 484 g/mol. The first-order valence-corrected chi connectivity index (χ1v) is 11.8. The Labute approximate surface area is 199 Å². The molecular weight excluding hydrogens is 462 g/mol. The van der Waals surface area contributed by atoms with E-state index in [-0.39, 0.29) is 12.0 Å². The van der Waals surface area contributed by atoms with Crippen LogP contribution in [0.2, 0.25) is 5.02 Å². The van der Waals surface area contributed by atoms with Crippen LogP contribution in [0.15, 0.2) is 47.0 Å². The number of hydrogen-bond donors (Lipinski definition) is 0. The summed E-state index contributed by atoms with van der Waals surface area (Å²) in [6, 6.07) is 13.1. The molecule has 0 unspecified atom stereocenters. The summed E-state index contributed by atoms with van der Waals surface area (Å²) in [5.41, 5.74) is 2.51. The lowest BCUT2D eigenvalue weighted by molar-refractivity contribution is 0.0594. The van der Waals surface area contributed by atoms with Crippen molar-refractivity contribution in [1.29, 1.82) is 0 Å². The van der Waals surface area contributed by atoms with Crippen molar-refractivity contribution in [2.45, 2.75) is 25.9 Å². The fourth-order valence-corrected chi connectivity index (χ4v) is 5.13. The van der Waals surface area contributed by atoms with Gasteiger partial charge in [-0.1, -0.05) is 46.3 Å². The van der Waals surface area contributed by atoms with Crippen molar-refractivity contribution in [3.8, 4) is 22.2 Å². The van der Waals surface area contributed by atoms with Crippen molar-refractivity contribution in [3.63, 3.8) is 0 Å². The molecule has 1 amide bonds. The number of likely N-dealkylation sites (tertiary alicyclic amines) is 1. The van der Waals surface area contributed by atoms with Crippen LogP contribution in [0.4, 0.5) is 0 Å². The lowest BCUT2D eigenvalue weighted by Gasteiger charge is -2.31. The third-order valence-corrected chi connectivity index (χ3v) is 7.02. The Morgan fingerprint density at radius 3 is 2.76 bits per heavy atom. The van der Waals surface area contributed by atoms with E-state index in [1.54, 1.807) is 20.1 Å². The van der Waals surface area contributed by atoms with Crippen LogP contribution in [0, 0.1) is 6.92 Å². The summed E-state index contributed by atoms with van der Waals surface area (Å²) >= 11 is 7.84. The average Bonchev–Trinajstić information content (AvgIpc) is 3.41. The largest absolute Gasteiger partial charge is 0.497 e. The van der Waals surface area contributed by atoms with Crippen molar-refractivity contribution in [3.05, 3.63) is 58.8 Å². The second kappa shape index (κ2) is 9.03. The molecule has 1 aliphatic rings. The number of amides is 1. The highest BCUT2D eigenvalue weighted by Crippen LogP contribution is 2.34. The van der Waals surface area contributed by atoms with Crippen molar-refractivity contribution < 1.29 is 18.8 Å². The highest BCUT2D eigenvalue weighted by atomic mass is 35.5. The number of rotatable bonds is 5. The zero-order chi connectivity index (χ0) is 22.9. The number of thiazole rings is 1. The minimum atomic E-state index is -0.103. The van der Waals surface area contributed by atoms with Gasteiger partial charge in [-0.3, -0.25) is 4.79 Å². The van der Waals surface area contributed by atoms with Gasteiger partial charge in [0.15, 0.2) is 0 Å². The van der Waals surface area contributed by atoms with Gasteiger partial charge < -0.3 is 18.9 Å². The highest BCUT2D eigenvalue weighted by molar-refractivity contribution is 7.20. The summed E-state index contributed by atoms with van der Waals surface area (Å²) in [6.45, 7) is 2.90. The molecule has 0 aliphatic carbocycles. The van der Waals surface area contributed by atoms with E-state index in [1.807, 2.05) is 41.3 Å². The van der Waals surface area contributed by atoms with Crippen LogP contribution in [-0.2, 0) is 0 Å². The van der Waals surface area contributed by atoms with E-state index in [1.165, 1.54) is 11.3 Å². The van der Waals surface area contributed by atoms with Crippen molar-refractivity contribution >= 4 is 39.1 Å². The van der Waals surface area contributed by atoms with E-state index in [0.29, 0.717) is 45.9 Å². The van der Waals surface area contributed by atoms with Crippen LogP contribution in [0.25, 0.3) is 21.5 Å². The van der Waals surface area contributed by atoms with E-state index in [9.17, 15) is 4.79 Å².